The topological polar surface area (TPSA) is 24.9 Å². The fourth-order valence-corrected chi connectivity index (χ4v) is 2.76. The molecule has 2 nitrogen and oxygen atoms in total. The second-order valence-corrected chi connectivity index (χ2v) is 5.33. The van der Waals surface area contributed by atoms with Gasteiger partial charge < -0.3 is 5.32 Å². The summed E-state index contributed by atoms with van der Waals surface area (Å²) in [5.41, 5.74) is 5.23. The second-order valence-electron chi connectivity index (χ2n) is 5.33. The van der Waals surface area contributed by atoms with Gasteiger partial charge >= 0.3 is 0 Å². The Morgan fingerprint density at radius 3 is 2.76 bits per heavy atom. The van der Waals surface area contributed by atoms with Crippen molar-refractivity contribution >= 4 is 10.8 Å². The molecule has 0 aliphatic carbocycles. The van der Waals surface area contributed by atoms with Gasteiger partial charge in [-0.25, -0.2) is 0 Å². The zero-order valence-electron chi connectivity index (χ0n) is 12.6. The number of pyridine rings is 1. The summed E-state index contributed by atoms with van der Waals surface area (Å²) in [5.74, 6) is 0. The van der Waals surface area contributed by atoms with Crippen molar-refractivity contribution in [2.45, 2.75) is 20.4 Å². The maximum absolute atomic E-state index is 4.21. The van der Waals surface area contributed by atoms with Gasteiger partial charge in [-0.05, 0) is 47.2 Å². The number of nitrogens with zero attached hydrogens (tertiary/aromatic N) is 1. The zero-order valence-corrected chi connectivity index (χ0v) is 12.6. The molecule has 2 aromatic carbocycles. The molecule has 1 aromatic heterocycles. The van der Waals surface area contributed by atoms with Crippen molar-refractivity contribution in [2.75, 3.05) is 6.54 Å². The molecule has 106 valence electrons. The quantitative estimate of drug-likeness (QED) is 0.767. The third kappa shape index (κ3) is 2.81. The highest BCUT2D eigenvalue weighted by Crippen LogP contribution is 2.30. The van der Waals surface area contributed by atoms with Gasteiger partial charge in [-0.1, -0.05) is 43.3 Å². The molecule has 0 saturated heterocycles. The summed E-state index contributed by atoms with van der Waals surface area (Å²) in [6.07, 6.45) is 3.79. The van der Waals surface area contributed by atoms with Crippen LogP contribution in [0.4, 0.5) is 0 Å². The molecule has 0 aliphatic heterocycles. The van der Waals surface area contributed by atoms with Crippen LogP contribution in [-0.4, -0.2) is 11.5 Å². The van der Waals surface area contributed by atoms with E-state index in [9.17, 15) is 0 Å². The summed E-state index contributed by atoms with van der Waals surface area (Å²) in [6, 6.07) is 15.2. The standard InChI is InChI=1S/C19H20N2/c1-3-20-12-15-7-8-17(14(2)11-15)19-6-4-5-16-13-21-10-9-18(16)19/h4-11,13,20H,3,12H2,1-2H3. The van der Waals surface area contributed by atoms with E-state index < -0.39 is 0 Å². The number of fused-ring (bicyclic) bond motifs is 1. The Kier molecular flexibility index (Phi) is 3.98. The highest BCUT2D eigenvalue weighted by atomic mass is 14.8. The summed E-state index contributed by atoms with van der Waals surface area (Å²) in [4.78, 5) is 4.21. The number of benzene rings is 2. The summed E-state index contributed by atoms with van der Waals surface area (Å²) < 4.78 is 0. The Hall–Kier alpha value is -2.19. The Bertz CT molecular complexity index is 757. The second kappa shape index (κ2) is 6.06. The van der Waals surface area contributed by atoms with Gasteiger partial charge in [0.05, 0.1) is 0 Å². The van der Waals surface area contributed by atoms with Gasteiger partial charge in [-0.3, -0.25) is 4.98 Å². The van der Waals surface area contributed by atoms with Gasteiger partial charge in [-0.2, -0.15) is 0 Å². The lowest BCUT2D eigenvalue weighted by atomic mass is 9.94. The molecule has 0 saturated carbocycles. The monoisotopic (exact) mass is 276 g/mol. The first-order valence-corrected chi connectivity index (χ1v) is 7.43. The minimum absolute atomic E-state index is 0.928. The van der Waals surface area contributed by atoms with Gasteiger partial charge in [0, 0.05) is 24.3 Å². The van der Waals surface area contributed by atoms with Gasteiger partial charge in [0.25, 0.3) is 0 Å². The largest absolute Gasteiger partial charge is 0.313 e. The van der Waals surface area contributed by atoms with Crippen LogP contribution in [0.3, 0.4) is 0 Å². The van der Waals surface area contributed by atoms with Crippen molar-refractivity contribution in [3.63, 3.8) is 0 Å². The molecule has 21 heavy (non-hydrogen) atoms. The van der Waals surface area contributed by atoms with Crippen LogP contribution in [0, 0.1) is 6.92 Å². The van der Waals surface area contributed by atoms with E-state index in [4.69, 9.17) is 0 Å². The van der Waals surface area contributed by atoms with Crippen LogP contribution in [0.25, 0.3) is 21.9 Å². The normalized spacial score (nSPS) is 11.0. The first-order chi connectivity index (χ1) is 10.3. The molecule has 2 heteroatoms. The van der Waals surface area contributed by atoms with E-state index in [1.165, 1.54) is 33.0 Å². The van der Waals surface area contributed by atoms with Gasteiger partial charge in [0.2, 0.25) is 0 Å². The maximum atomic E-state index is 4.21. The van der Waals surface area contributed by atoms with Crippen LogP contribution in [0.5, 0.6) is 0 Å². The summed E-state index contributed by atoms with van der Waals surface area (Å²) >= 11 is 0. The third-order valence-corrected chi connectivity index (χ3v) is 3.84. The smallest absolute Gasteiger partial charge is 0.0346 e. The van der Waals surface area contributed by atoms with E-state index in [0.717, 1.165) is 13.1 Å². The highest BCUT2D eigenvalue weighted by molar-refractivity contribution is 5.96. The minimum Gasteiger partial charge on any atom is -0.313 e. The van der Waals surface area contributed by atoms with Crippen LogP contribution < -0.4 is 5.32 Å². The fourth-order valence-electron chi connectivity index (χ4n) is 2.76. The molecule has 0 radical (unpaired) electrons. The van der Waals surface area contributed by atoms with Crippen molar-refractivity contribution in [2.24, 2.45) is 0 Å². The van der Waals surface area contributed by atoms with E-state index in [1.54, 1.807) is 0 Å². The van der Waals surface area contributed by atoms with E-state index >= 15 is 0 Å². The van der Waals surface area contributed by atoms with Gasteiger partial charge in [0.15, 0.2) is 0 Å². The average Bonchev–Trinajstić information content (AvgIpc) is 2.53. The summed E-state index contributed by atoms with van der Waals surface area (Å²) in [6.45, 7) is 6.24. The zero-order chi connectivity index (χ0) is 14.7. The molecule has 0 unspecified atom stereocenters. The first kappa shape index (κ1) is 13.8. The van der Waals surface area contributed by atoms with Gasteiger partial charge in [-0.15, -0.1) is 0 Å². The molecule has 3 rings (SSSR count). The number of rotatable bonds is 4. The number of nitrogens with one attached hydrogen (secondary N) is 1. The van der Waals surface area contributed by atoms with Crippen molar-refractivity contribution in [1.29, 1.82) is 0 Å². The van der Waals surface area contributed by atoms with Crippen molar-refractivity contribution in [3.05, 3.63) is 66.0 Å². The number of hydrogen-bond donors (Lipinski definition) is 1. The molecule has 1 N–H and O–H groups in total. The SMILES string of the molecule is CCNCc1ccc(-c2cccc3cnccc23)c(C)c1. The number of hydrogen-bond acceptors (Lipinski definition) is 2. The molecular formula is C19H20N2. The number of aryl methyl sites for hydroxylation is 1. The van der Waals surface area contributed by atoms with Crippen molar-refractivity contribution in [3.8, 4) is 11.1 Å². The van der Waals surface area contributed by atoms with E-state index in [-0.39, 0.29) is 0 Å². The first-order valence-electron chi connectivity index (χ1n) is 7.43. The van der Waals surface area contributed by atoms with Crippen molar-refractivity contribution < 1.29 is 0 Å². The van der Waals surface area contributed by atoms with Crippen LogP contribution >= 0.6 is 0 Å². The molecule has 0 spiro atoms. The molecule has 0 atom stereocenters. The maximum Gasteiger partial charge on any atom is 0.0346 e. The molecular weight excluding hydrogens is 256 g/mol. The summed E-state index contributed by atoms with van der Waals surface area (Å²) in [7, 11) is 0. The Labute approximate surface area is 125 Å². The number of aromatic nitrogens is 1. The van der Waals surface area contributed by atoms with E-state index in [0.29, 0.717) is 0 Å². The Morgan fingerprint density at radius 2 is 1.95 bits per heavy atom. The molecule has 1 heterocycles. The van der Waals surface area contributed by atoms with E-state index in [1.807, 2.05) is 12.4 Å². The van der Waals surface area contributed by atoms with E-state index in [2.05, 4.69) is 66.6 Å². The summed E-state index contributed by atoms with van der Waals surface area (Å²) in [5, 5.41) is 5.82. The predicted octanol–water partition coefficient (Wildman–Crippen LogP) is 4.32. The lowest BCUT2D eigenvalue weighted by molar-refractivity contribution is 0.726. The average molecular weight is 276 g/mol. The third-order valence-electron chi connectivity index (χ3n) is 3.84. The lowest BCUT2D eigenvalue weighted by Crippen LogP contribution is -2.11. The van der Waals surface area contributed by atoms with Crippen LogP contribution in [0.2, 0.25) is 0 Å². The van der Waals surface area contributed by atoms with Crippen LogP contribution in [0.1, 0.15) is 18.1 Å². The fraction of sp³-hybridized carbons (Fsp3) is 0.211. The molecule has 3 aromatic rings. The molecule has 0 amide bonds. The molecule has 0 aliphatic rings. The van der Waals surface area contributed by atoms with Crippen LogP contribution in [-0.2, 0) is 6.54 Å². The Morgan fingerprint density at radius 1 is 1.05 bits per heavy atom. The van der Waals surface area contributed by atoms with Crippen molar-refractivity contribution in [1.82, 2.24) is 10.3 Å². The minimum atomic E-state index is 0.928. The van der Waals surface area contributed by atoms with Crippen LogP contribution in [0.15, 0.2) is 54.9 Å². The van der Waals surface area contributed by atoms with Gasteiger partial charge in [0.1, 0.15) is 0 Å². The molecule has 0 fully saturated rings. The predicted molar refractivity (Wildman–Crippen MR) is 89.3 cm³/mol. The lowest BCUT2D eigenvalue weighted by Gasteiger charge is -2.11. The highest BCUT2D eigenvalue weighted by Gasteiger charge is 2.07. The molecule has 0 bridgehead atoms. The Balaban J connectivity index is 2.06.